The summed E-state index contributed by atoms with van der Waals surface area (Å²) in [6.45, 7) is 1.57. The highest BCUT2D eigenvalue weighted by molar-refractivity contribution is 7.80. The topological polar surface area (TPSA) is 100 Å². The lowest BCUT2D eigenvalue weighted by molar-refractivity contribution is -0.384. The summed E-state index contributed by atoms with van der Waals surface area (Å²) in [6.07, 6.45) is 5.20. The van der Waals surface area contributed by atoms with Gasteiger partial charge in [0.15, 0.2) is 5.11 Å². The number of pyridine rings is 1. The summed E-state index contributed by atoms with van der Waals surface area (Å²) in [7, 11) is 0. The molecule has 2 N–H and O–H groups in total. The maximum Gasteiger partial charge on any atom is 0.293 e. The standard InChI is InChI=1S/C17H17N5O3S/c23-16(20-17(26)19-13-4-3-7-18-11-13)12-5-6-14(15(10-12)22(24)25)21-8-1-2-9-21/h3-7,10-11H,1-2,8-9H2,(H2,19,20,23,26). The van der Waals surface area contributed by atoms with Gasteiger partial charge < -0.3 is 10.2 Å². The molecule has 0 spiro atoms. The van der Waals surface area contributed by atoms with Crippen LogP contribution in [-0.2, 0) is 0 Å². The number of thiocarbonyl (C=S) groups is 1. The van der Waals surface area contributed by atoms with Crippen molar-refractivity contribution in [1.82, 2.24) is 10.3 Å². The van der Waals surface area contributed by atoms with Crippen LogP contribution in [0.2, 0.25) is 0 Å². The van der Waals surface area contributed by atoms with Gasteiger partial charge in [0.25, 0.3) is 11.6 Å². The number of benzene rings is 1. The van der Waals surface area contributed by atoms with Crippen LogP contribution >= 0.6 is 12.2 Å². The molecule has 1 saturated heterocycles. The summed E-state index contributed by atoms with van der Waals surface area (Å²) in [6, 6.07) is 7.96. The van der Waals surface area contributed by atoms with Crippen molar-refractivity contribution in [3.05, 3.63) is 58.4 Å². The Kier molecular flexibility index (Phi) is 5.37. The Morgan fingerprint density at radius 2 is 2.04 bits per heavy atom. The molecule has 0 unspecified atom stereocenters. The second kappa shape index (κ2) is 7.87. The summed E-state index contributed by atoms with van der Waals surface area (Å²) in [5.41, 5.74) is 1.27. The lowest BCUT2D eigenvalue weighted by Gasteiger charge is -2.18. The molecule has 9 heteroatoms. The molecule has 1 aliphatic rings. The van der Waals surface area contributed by atoms with Gasteiger partial charge in [-0.2, -0.15) is 0 Å². The molecular formula is C17H17N5O3S. The van der Waals surface area contributed by atoms with Gasteiger partial charge in [-0.25, -0.2) is 0 Å². The number of anilines is 2. The van der Waals surface area contributed by atoms with Crippen LogP contribution in [0.25, 0.3) is 0 Å². The molecule has 2 heterocycles. The van der Waals surface area contributed by atoms with Gasteiger partial charge in [0, 0.05) is 30.9 Å². The van der Waals surface area contributed by atoms with Crippen molar-refractivity contribution < 1.29 is 9.72 Å². The molecule has 0 aliphatic carbocycles. The first-order chi connectivity index (χ1) is 12.5. The van der Waals surface area contributed by atoms with E-state index in [0.29, 0.717) is 11.4 Å². The minimum Gasteiger partial charge on any atom is -0.366 e. The first-order valence-corrected chi connectivity index (χ1v) is 8.51. The van der Waals surface area contributed by atoms with Gasteiger partial charge in [-0.15, -0.1) is 0 Å². The summed E-state index contributed by atoms with van der Waals surface area (Å²) in [5, 5.41) is 16.9. The maximum atomic E-state index is 12.4. The number of rotatable bonds is 4. The van der Waals surface area contributed by atoms with Crippen molar-refractivity contribution in [3.63, 3.8) is 0 Å². The largest absolute Gasteiger partial charge is 0.366 e. The molecule has 1 aromatic carbocycles. The van der Waals surface area contributed by atoms with E-state index in [2.05, 4.69) is 15.6 Å². The Labute approximate surface area is 155 Å². The molecular weight excluding hydrogens is 354 g/mol. The van der Waals surface area contributed by atoms with Crippen LogP contribution in [0, 0.1) is 10.1 Å². The number of nitro groups is 1. The zero-order chi connectivity index (χ0) is 18.5. The van der Waals surface area contributed by atoms with Crippen molar-refractivity contribution in [3.8, 4) is 0 Å². The molecule has 0 radical (unpaired) electrons. The van der Waals surface area contributed by atoms with Gasteiger partial charge in [-0.1, -0.05) is 0 Å². The molecule has 0 saturated carbocycles. The van der Waals surface area contributed by atoms with Crippen LogP contribution in [0.3, 0.4) is 0 Å². The number of nitro benzene ring substituents is 1. The molecule has 1 aliphatic heterocycles. The summed E-state index contributed by atoms with van der Waals surface area (Å²) in [5.74, 6) is -0.512. The van der Waals surface area contributed by atoms with E-state index in [9.17, 15) is 14.9 Å². The minimum atomic E-state index is -0.512. The van der Waals surface area contributed by atoms with E-state index in [4.69, 9.17) is 12.2 Å². The third kappa shape index (κ3) is 4.12. The van der Waals surface area contributed by atoms with Gasteiger partial charge >= 0.3 is 0 Å². The number of hydrogen-bond acceptors (Lipinski definition) is 6. The number of aromatic nitrogens is 1. The van der Waals surface area contributed by atoms with Crippen LogP contribution in [0.5, 0.6) is 0 Å². The highest BCUT2D eigenvalue weighted by Crippen LogP contribution is 2.31. The molecule has 3 rings (SSSR count). The molecule has 1 amide bonds. The average molecular weight is 371 g/mol. The maximum absolute atomic E-state index is 12.4. The summed E-state index contributed by atoms with van der Waals surface area (Å²) in [4.78, 5) is 29.2. The van der Waals surface area contributed by atoms with Crippen LogP contribution in [-0.4, -0.2) is 34.0 Å². The van der Waals surface area contributed by atoms with Gasteiger partial charge in [0.1, 0.15) is 5.69 Å². The first-order valence-electron chi connectivity index (χ1n) is 8.10. The van der Waals surface area contributed by atoms with E-state index < -0.39 is 10.8 Å². The third-order valence-corrected chi connectivity index (χ3v) is 4.23. The normalized spacial score (nSPS) is 13.3. The Hall–Kier alpha value is -3.07. The van der Waals surface area contributed by atoms with E-state index in [0.717, 1.165) is 25.9 Å². The van der Waals surface area contributed by atoms with Crippen molar-refractivity contribution in [2.24, 2.45) is 0 Å². The van der Waals surface area contributed by atoms with Crippen LogP contribution in [0.1, 0.15) is 23.2 Å². The van der Waals surface area contributed by atoms with Crippen molar-refractivity contribution in [2.45, 2.75) is 12.8 Å². The van der Waals surface area contributed by atoms with E-state index >= 15 is 0 Å². The zero-order valence-electron chi connectivity index (χ0n) is 13.8. The number of nitrogens with one attached hydrogen (secondary N) is 2. The molecule has 0 bridgehead atoms. The number of carbonyl (C=O) groups is 1. The van der Waals surface area contributed by atoms with Crippen LogP contribution in [0.15, 0.2) is 42.7 Å². The molecule has 134 valence electrons. The van der Waals surface area contributed by atoms with Gasteiger partial charge in [-0.3, -0.25) is 25.2 Å². The van der Waals surface area contributed by atoms with Gasteiger partial charge in [0.05, 0.1) is 16.8 Å². The van der Waals surface area contributed by atoms with Gasteiger partial charge in [0.2, 0.25) is 0 Å². The third-order valence-electron chi connectivity index (χ3n) is 4.03. The lowest BCUT2D eigenvalue weighted by atomic mass is 10.1. The fourth-order valence-electron chi connectivity index (χ4n) is 2.81. The van der Waals surface area contributed by atoms with Crippen LogP contribution in [0.4, 0.5) is 17.1 Å². The SMILES string of the molecule is O=C(NC(=S)Nc1cccnc1)c1ccc(N2CCCC2)c([N+](=O)[O-])c1. The van der Waals surface area contributed by atoms with Crippen molar-refractivity contribution >= 4 is 40.3 Å². The number of nitrogens with zero attached hydrogens (tertiary/aromatic N) is 3. The molecule has 0 atom stereocenters. The highest BCUT2D eigenvalue weighted by atomic mass is 32.1. The Morgan fingerprint density at radius 3 is 2.69 bits per heavy atom. The number of hydrogen-bond donors (Lipinski definition) is 2. The van der Waals surface area contributed by atoms with Crippen molar-refractivity contribution in [1.29, 1.82) is 0 Å². The quantitative estimate of drug-likeness (QED) is 0.484. The van der Waals surface area contributed by atoms with Crippen molar-refractivity contribution in [2.75, 3.05) is 23.3 Å². The fraction of sp³-hybridized carbons (Fsp3) is 0.235. The molecule has 1 fully saturated rings. The second-order valence-corrected chi connectivity index (χ2v) is 6.21. The van der Waals surface area contributed by atoms with E-state index in [1.165, 1.54) is 6.07 Å². The number of amides is 1. The Balaban J connectivity index is 1.73. The van der Waals surface area contributed by atoms with Crippen LogP contribution < -0.4 is 15.5 Å². The van der Waals surface area contributed by atoms with Gasteiger partial charge in [-0.05, 0) is 49.3 Å². The first kappa shape index (κ1) is 17.7. The molecule has 26 heavy (non-hydrogen) atoms. The Bertz CT molecular complexity index is 838. The summed E-state index contributed by atoms with van der Waals surface area (Å²) < 4.78 is 0. The predicted molar refractivity (Wildman–Crippen MR) is 102 cm³/mol. The molecule has 1 aromatic heterocycles. The smallest absolute Gasteiger partial charge is 0.293 e. The van der Waals surface area contributed by atoms with E-state index in [-0.39, 0.29) is 16.4 Å². The second-order valence-electron chi connectivity index (χ2n) is 5.80. The fourth-order valence-corrected chi connectivity index (χ4v) is 3.02. The predicted octanol–water partition coefficient (Wildman–Crippen LogP) is 2.72. The average Bonchev–Trinajstić information content (AvgIpc) is 3.16. The van der Waals surface area contributed by atoms with E-state index in [1.54, 1.807) is 36.7 Å². The highest BCUT2D eigenvalue weighted by Gasteiger charge is 2.24. The number of carbonyl (C=O) groups excluding carboxylic acids is 1. The lowest BCUT2D eigenvalue weighted by Crippen LogP contribution is -2.34. The van der Waals surface area contributed by atoms with E-state index in [1.807, 2.05) is 4.90 Å². The zero-order valence-corrected chi connectivity index (χ0v) is 14.7. The Morgan fingerprint density at radius 1 is 1.27 bits per heavy atom. The monoisotopic (exact) mass is 371 g/mol. The summed E-state index contributed by atoms with van der Waals surface area (Å²) >= 11 is 5.10. The minimum absolute atomic E-state index is 0.0781. The molecule has 8 nitrogen and oxygen atoms in total. The molecule has 2 aromatic rings.